The molecule has 1 fully saturated rings. The number of ether oxygens (including phenoxy) is 1. The molecule has 0 saturated heterocycles. The van der Waals surface area contributed by atoms with Crippen LogP contribution in [0.4, 0.5) is 4.79 Å². The van der Waals surface area contributed by atoms with E-state index < -0.39 is 23.9 Å². The third-order valence-electron chi connectivity index (χ3n) is 4.42. The Morgan fingerprint density at radius 2 is 1.65 bits per heavy atom. The lowest BCUT2D eigenvalue weighted by atomic mass is 9.96. The van der Waals surface area contributed by atoms with Gasteiger partial charge < -0.3 is 21.1 Å². The number of nitrogens with one attached hydrogen (secondary N) is 2. The van der Waals surface area contributed by atoms with E-state index in [-0.39, 0.29) is 12.5 Å². The van der Waals surface area contributed by atoms with E-state index in [1.54, 1.807) is 30.3 Å². The van der Waals surface area contributed by atoms with Gasteiger partial charge in [-0.15, -0.1) is 0 Å². The van der Waals surface area contributed by atoms with Crippen LogP contribution in [-0.4, -0.2) is 30.0 Å². The second-order valence-corrected chi connectivity index (χ2v) is 6.62. The summed E-state index contributed by atoms with van der Waals surface area (Å²) in [6, 6.07) is 7.51. The molecule has 7 heteroatoms. The quantitative estimate of drug-likeness (QED) is 0.721. The number of rotatable bonds is 6. The minimum absolute atomic E-state index is 0.0603. The van der Waals surface area contributed by atoms with Crippen molar-refractivity contribution < 1.29 is 19.1 Å². The molecule has 1 atom stereocenters. The van der Waals surface area contributed by atoms with E-state index in [1.807, 2.05) is 0 Å². The average Bonchev–Trinajstić information content (AvgIpc) is 2.57. The van der Waals surface area contributed by atoms with Gasteiger partial charge in [0.2, 0.25) is 11.8 Å². The van der Waals surface area contributed by atoms with E-state index in [9.17, 15) is 14.4 Å². The Morgan fingerprint density at radius 3 is 2.27 bits per heavy atom. The molecular weight excluding hydrogens is 334 g/mol. The van der Waals surface area contributed by atoms with Gasteiger partial charge in [-0.2, -0.15) is 0 Å². The van der Waals surface area contributed by atoms with E-state index >= 15 is 0 Å². The lowest BCUT2D eigenvalue weighted by molar-refractivity contribution is -0.127. The SMILES string of the molecule is NC(=O)C[C@@H](NC(=O)Oc1ccccc1)C(=O)NC1CCCCCCC1. The summed E-state index contributed by atoms with van der Waals surface area (Å²) >= 11 is 0. The zero-order chi connectivity index (χ0) is 18.8. The Kier molecular flexibility index (Phi) is 7.92. The molecule has 1 aliphatic rings. The number of primary amides is 1. The largest absolute Gasteiger partial charge is 0.413 e. The minimum Gasteiger partial charge on any atom is -0.410 e. The molecule has 0 aliphatic heterocycles. The van der Waals surface area contributed by atoms with Crippen LogP contribution in [0.5, 0.6) is 5.75 Å². The van der Waals surface area contributed by atoms with Crippen molar-refractivity contribution in [2.24, 2.45) is 5.73 Å². The van der Waals surface area contributed by atoms with Crippen molar-refractivity contribution >= 4 is 17.9 Å². The zero-order valence-electron chi connectivity index (χ0n) is 14.9. The molecular formula is C19H27N3O4. The number of amides is 3. The maximum Gasteiger partial charge on any atom is 0.413 e. The Balaban J connectivity index is 1.92. The first-order chi connectivity index (χ1) is 12.5. The van der Waals surface area contributed by atoms with E-state index in [0.717, 1.165) is 25.7 Å². The predicted molar refractivity (Wildman–Crippen MR) is 97.5 cm³/mol. The van der Waals surface area contributed by atoms with Crippen LogP contribution in [0, 0.1) is 0 Å². The molecule has 0 aromatic heterocycles. The van der Waals surface area contributed by atoms with Crippen molar-refractivity contribution in [2.45, 2.75) is 63.5 Å². The van der Waals surface area contributed by atoms with Gasteiger partial charge in [-0.1, -0.05) is 50.3 Å². The zero-order valence-corrected chi connectivity index (χ0v) is 14.9. The van der Waals surface area contributed by atoms with Crippen molar-refractivity contribution in [3.8, 4) is 5.75 Å². The van der Waals surface area contributed by atoms with Gasteiger partial charge in [-0.3, -0.25) is 9.59 Å². The standard InChI is InChI=1S/C19H27N3O4/c20-17(23)13-16(22-19(25)26-15-11-7-4-8-12-15)18(24)21-14-9-5-2-1-3-6-10-14/h4,7-8,11-12,14,16H,1-3,5-6,9-10,13H2,(H2,20,23)(H,21,24)(H,22,25)/t16-/m1/s1. The van der Waals surface area contributed by atoms with Crippen LogP contribution in [0.1, 0.15) is 51.4 Å². The van der Waals surface area contributed by atoms with Gasteiger partial charge >= 0.3 is 6.09 Å². The van der Waals surface area contributed by atoms with E-state index in [1.165, 1.54) is 19.3 Å². The molecule has 1 aromatic carbocycles. The molecule has 1 saturated carbocycles. The van der Waals surface area contributed by atoms with Crippen LogP contribution in [0.15, 0.2) is 30.3 Å². The fourth-order valence-electron chi connectivity index (χ4n) is 3.08. The van der Waals surface area contributed by atoms with Gasteiger partial charge in [0.25, 0.3) is 0 Å². The summed E-state index contributed by atoms with van der Waals surface area (Å²) in [6.07, 6.45) is 6.43. The van der Waals surface area contributed by atoms with Crippen LogP contribution in [-0.2, 0) is 9.59 Å². The highest BCUT2D eigenvalue weighted by molar-refractivity contribution is 5.90. The fourth-order valence-corrected chi connectivity index (χ4v) is 3.08. The van der Waals surface area contributed by atoms with E-state index in [0.29, 0.717) is 5.75 Å². The lowest BCUT2D eigenvalue weighted by Crippen LogP contribution is -2.51. The molecule has 0 unspecified atom stereocenters. The van der Waals surface area contributed by atoms with Crippen molar-refractivity contribution in [3.63, 3.8) is 0 Å². The summed E-state index contributed by atoms with van der Waals surface area (Å²) in [7, 11) is 0. The molecule has 1 aromatic rings. The average molecular weight is 361 g/mol. The number of hydrogen-bond acceptors (Lipinski definition) is 4. The fraction of sp³-hybridized carbons (Fsp3) is 0.526. The number of nitrogens with two attached hydrogens (primary N) is 1. The Hall–Kier alpha value is -2.57. The van der Waals surface area contributed by atoms with Crippen molar-refractivity contribution in [2.75, 3.05) is 0 Å². The van der Waals surface area contributed by atoms with Crippen LogP contribution < -0.4 is 21.1 Å². The molecule has 0 bridgehead atoms. The van der Waals surface area contributed by atoms with Crippen LogP contribution >= 0.6 is 0 Å². The first-order valence-electron chi connectivity index (χ1n) is 9.16. The number of hydrogen-bond donors (Lipinski definition) is 3. The summed E-state index contributed by atoms with van der Waals surface area (Å²) in [5, 5.41) is 5.38. The number of carbonyl (C=O) groups excluding carboxylic acids is 3. The molecule has 26 heavy (non-hydrogen) atoms. The highest BCUT2D eigenvalue weighted by Gasteiger charge is 2.26. The molecule has 142 valence electrons. The molecule has 4 N–H and O–H groups in total. The van der Waals surface area contributed by atoms with Crippen molar-refractivity contribution in [1.82, 2.24) is 10.6 Å². The minimum atomic E-state index is -1.05. The summed E-state index contributed by atoms with van der Waals surface area (Å²) in [4.78, 5) is 35.9. The maximum absolute atomic E-state index is 12.5. The molecule has 0 radical (unpaired) electrons. The van der Waals surface area contributed by atoms with Crippen LogP contribution in [0.25, 0.3) is 0 Å². The van der Waals surface area contributed by atoms with E-state index in [2.05, 4.69) is 10.6 Å². The van der Waals surface area contributed by atoms with Gasteiger partial charge in [0.1, 0.15) is 11.8 Å². The number of para-hydroxylation sites is 1. The molecule has 7 nitrogen and oxygen atoms in total. The van der Waals surface area contributed by atoms with Gasteiger partial charge in [-0.05, 0) is 25.0 Å². The second-order valence-electron chi connectivity index (χ2n) is 6.62. The normalized spacial score (nSPS) is 16.6. The Labute approximate surface area is 153 Å². The summed E-state index contributed by atoms with van der Waals surface area (Å²) < 4.78 is 5.12. The smallest absolute Gasteiger partial charge is 0.410 e. The van der Waals surface area contributed by atoms with Gasteiger partial charge in [0.05, 0.1) is 6.42 Å². The topological polar surface area (TPSA) is 111 Å². The molecule has 0 heterocycles. The van der Waals surface area contributed by atoms with Gasteiger partial charge in [0.15, 0.2) is 0 Å². The molecule has 2 rings (SSSR count). The number of carbonyl (C=O) groups is 3. The second kappa shape index (κ2) is 10.4. The molecule has 0 spiro atoms. The van der Waals surface area contributed by atoms with Crippen molar-refractivity contribution in [3.05, 3.63) is 30.3 Å². The third-order valence-corrected chi connectivity index (χ3v) is 4.42. The van der Waals surface area contributed by atoms with Gasteiger partial charge in [0, 0.05) is 6.04 Å². The highest BCUT2D eigenvalue weighted by Crippen LogP contribution is 2.17. The maximum atomic E-state index is 12.5. The monoisotopic (exact) mass is 361 g/mol. The lowest BCUT2D eigenvalue weighted by Gasteiger charge is -2.24. The number of benzene rings is 1. The first kappa shape index (κ1) is 19.8. The van der Waals surface area contributed by atoms with Crippen molar-refractivity contribution in [1.29, 1.82) is 0 Å². The predicted octanol–water partition coefficient (Wildman–Crippen LogP) is 2.25. The van der Waals surface area contributed by atoms with E-state index in [4.69, 9.17) is 10.5 Å². The highest BCUT2D eigenvalue weighted by atomic mass is 16.6. The summed E-state index contributed by atoms with van der Waals surface area (Å²) in [6.45, 7) is 0. The summed E-state index contributed by atoms with van der Waals surface area (Å²) in [5.41, 5.74) is 5.23. The first-order valence-corrected chi connectivity index (χ1v) is 9.16. The summed E-state index contributed by atoms with van der Waals surface area (Å²) in [5.74, 6) is -0.717. The molecule has 1 aliphatic carbocycles. The van der Waals surface area contributed by atoms with Gasteiger partial charge in [-0.25, -0.2) is 4.79 Å². The Morgan fingerprint density at radius 1 is 1.04 bits per heavy atom. The van der Waals surface area contributed by atoms with Crippen LogP contribution in [0.2, 0.25) is 0 Å². The third kappa shape index (κ3) is 7.13. The molecule has 3 amide bonds. The van der Waals surface area contributed by atoms with Crippen LogP contribution in [0.3, 0.4) is 0 Å². The Bertz CT molecular complexity index is 598.